The Morgan fingerprint density at radius 2 is 1.61 bits per heavy atom. The number of carbonyl (C=O) groups is 1. The SMILES string of the molecule is CCCCN(CCCCN1CCN(C)CC1)C(=O)CC(C)(C)C. The molecule has 1 saturated heterocycles. The molecule has 0 N–H and O–H groups in total. The molecule has 0 unspecified atom stereocenters. The van der Waals surface area contributed by atoms with Crippen molar-refractivity contribution in [3.05, 3.63) is 0 Å². The number of hydrogen-bond acceptors (Lipinski definition) is 3. The van der Waals surface area contributed by atoms with Crippen LogP contribution in [0, 0.1) is 5.41 Å². The van der Waals surface area contributed by atoms with E-state index in [1.54, 1.807) is 0 Å². The number of amides is 1. The van der Waals surface area contributed by atoms with Gasteiger partial charge in [0.15, 0.2) is 0 Å². The first-order valence-corrected chi connectivity index (χ1v) is 9.50. The van der Waals surface area contributed by atoms with Gasteiger partial charge in [-0.05, 0) is 38.3 Å². The number of hydrogen-bond donors (Lipinski definition) is 0. The van der Waals surface area contributed by atoms with Crippen LogP contribution in [0.5, 0.6) is 0 Å². The molecule has 1 fully saturated rings. The summed E-state index contributed by atoms with van der Waals surface area (Å²) in [5.74, 6) is 0.338. The van der Waals surface area contributed by atoms with Crippen LogP contribution in [0.2, 0.25) is 0 Å². The van der Waals surface area contributed by atoms with Crippen molar-refractivity contribution in [3.63, 3.8) is 0 Å². The molecule has 1 aliphatic rings. The minimum atomic E-state index is 0.0847. The number of unbranched alkanes of at least 4 members (excludes halogenated alkanes) is 2. The van der Waals surface area contributed by atoms with Crippen LogP contribution in [0.3, 0.4) is 0 Å². The maximum Gasteiger partial charge on any atom is 0.223 e. The summed E-state index contributed by atoms with van der Waals surface area (Å²) >= 11 is 0. The molecule has 1 amide bonds. The fourth-order valence-corrected chi connectivity index (χ4v) is 2.99. The molecule has 4 nitrogen and oxygen atoms in total. The summed E-state index contributed by atoms with van der Waals surface area (Å²) < 4.78 is 0. The lowest BCUT2D eigenvalue weighted by Gasteiger charge is -2.32. The predicted octanol–water partition coefficient (Wildman–Crippen LogP) is 3.08. The average Bonchev–Trinajstić information content (AvgIpc) is 2.46. The standard InChI is InChI=1S/C19H39N3O/c1-6-7-11-22(18(23)17-19(2,3)4)12-9-8-10-21-15-13-20(5)14-16-21/h6-17H2,1-5H3. The first-order valence-electron chi connectivity index (χ1n) is 9.50. The van der Waals surface area contributed by atoms with Gasteiger partial charge in [0.2, 0.25) is 5.91 Å². The Morgan fingerprint density at radius 3 is 2.17 bits per heavy atom. The zero-order chi connectivity index (χ0) is 17.3. The molecule has 0 spiro atoms. The maximum atomic E-state index is 12.5. The Bertz CT molecular complexity index is 330. The molecule has 0 aromatic heterocycles. The van der Waals surface area contributed by atoms with E-state index in [0.29, 0.717) is 12.3 Å². The van der Waals surface area contributed by atoms with Crippen LogP contribution in [-0.2, 0) is 4.79 Å². The maximum absolute atomic E-state index is 12.5. The monoisotopic (exact) mass is 325 g/mol. The van der Waals surface area contributed by atoms with Gasteiger partial charge in [-0.2, -0.15) is 0 Å². The Kier molecular flexibility index (Phi) is 9.15. The van der Waals surface area contributed by atoms with Gasteiger partial charge in [-0.15, -0.1) is 0 Å². The number of rotatable bonds is 9. The first kappa shape index (κ1) is 20.4. The van der Waals surface area contributed by atoms with Gasteiger partial charge in [0, 0.05) is 45.7 Å². The lowest BCUT2D eigenvalue weighted by Crippen LogP contribution is -2.44. The van der Waals surface area contributed by atoms with Crippen molar-refractivity contribution in [2.24, 2.45) is 5.41 Å². The van der Waals surface area contributed by atoms with Gasteiger partial charge in [0.05, 0.1) is 0 Å². The van der Waals surface area contributed by atoms with Gasteiger partial charge >= 0.3 is 0 Å². The highest BCUT2D eigenvalue weighted by Crippen LogP contribution is 2.20. The highest BCUT2D eigenvalue weighted by molar-refractivity contribution is 5.76. The van der Waals surface area contributed by atoms with Crippen molar-refractivity contribution in [3.8, 4) is 0 Å². The molecule has 136 valence electrons. The van der Waals surface area contributed by atoms with Crippen molar-refractivity contribution in [1.29, 1.82) is 0 Å². The molecule has 23 heavy (non-hydrogen) atoms. The van der Waals surface area contributed by atoms with E-state index in [-0.39, 0.29) is 5.41 Å². The molecule has 0 saturated carbocycles. The molecule has 4 heteroatoms. The summed E-state index contributed by atoms with van der Waals surface area (Å²) in [6.07, 6.45) is 5.27. The van der Waals surface area contributed by atoms with Gasteiger partial charge in [0.25, 0.3) is 0 Å². The summed E-state index contributed by atoms with van der Waals surface area (Å²) in [4.78, 5) is 19.6. The molecule has 0 aliphatic carbocycles. The van der Waals surface area contributed by atoms with Crippen molar-refractivity contribution < 1.29 is 4.79 Å². The molecule has 0 bridgehead atoms. The van der Waals surface area contributed by atoms with Crippen molar-refractivity contribution in [1.82, 2.24) is 14.7 Å². The average molecular weight is 326 g/mol. The molecule has 1 heterocycles. The number of likely N-dealkylation sites (N-methyl/N-ethyl adjacent to an activating group) is 1. The quantitative estimate of drug-likeness (QED) is 0.610. The van der Waals surface area contributed by atoms with Gasteiger partial charge in [-0.1, -0.05) is 34.1 Å². The molecule has 0 aromatic carbocycles. The van der Waals surface area contributed by atoms with Crippen molar-refractivity contribution in [2.45, 2.75) is 59.8 Å². The van der Waals surface area contributed by atoms with E-state index in [1.165, 1.54) is 39.1 Å². The van der Waals surface area contributed by atoms with Crippen molar-refractivity contribution in [2.75, 3.05) is 52.9 Å². The van der Waals surface area contributed by atoms with E-state index in [0.717, 1.165) is 32.4 Å². The smallest absolute Gasteiger partial charge is 0.223 e. The number of carbonyl (C=O) groups excluding carboxylic acids is 1. The second-order valence-electron chi connectivity index (χ2n) is 8.32. The molecule has 1 aliphatic heterocycles. The third-order valence-electron chi connectivity index (χ3n) is 4.56. The predicted molar refractivity (Wildman–Crippen MR) is 98.7 cm³/mol. The van der Waals surface area contributed by atoms with Crippen LogP contribution in [0.15, 0.2) is 0 Å². The Balaban J connectivity index is 2.28. The summed E-state index contributed by atoms with van der Waals surface area (Å²) in [5.41, 5.74) is 0.0847. The highest BCUT2D eigenvalue weighted by Gasteiger charge is 2.21. The minimum absolute atomic E-state index is 0.0847. The zero-order valence-corrected chi connectivity index (χ0v) is 16.2. The fourth-order valence-electron chi connectivity index (χ4n) is 2.99. The normalized spacial score (nSPS) is 17.4. The van der Waals surface area contributed by atoms with E-state index in [2.05, 4.69) is 49.4 Å². The van der Waals surface area contributed by atoms with Crippen LogP contribution < -0.4 is 0 Å². The Hall–Kier alpha value is -0.610. The largest absolute Gasteiger partial charge is 0.343 e. The lowest BCUT2D eigenvalue weighted by molar-refractivity contribution is -0.133. The summed E-state index contributed by atoms with van der Waals surface area (Å²) in [6.45, 7) is 16.4. The van der Waals surface area contributed by atoms with Crippen LogP contribution in [-0.4, -0.2) is 73.5 Å². The van der Waals surface area contributed by atoms with E-state index in [9.17, 15) is 4.79 Å². The second kappa shape index (κ2) is 10.3. The molecule has 1 rings (SSSR count). The summed E-state index contributed by atoms with van der Waals surface area (Å²) in [5, 5.41) is 0. The number of nitrogens with zero attached hydrogens (tertiary/aromatic N) is 3. The van der Waals surface area contributed by atoms with Crippen LogP contribution in [0.25, 0.3) is 0 Å². The van der Waals surface area contributed by atoms with Gasteiger partial charge in [-0.25, -0.2) is 0 Å². The molecule has 0 aromatic rings. The first-order chi connectivity index (χ1) is 10.8. The Labute approximate surface area is 144 Å². The van der Waals surface area contributed by atoms with E-state index >= 15 is 0 Å². The Morgan fingerprint density at radius 1 is 1.00 bits per heavy atom. The third-order valence-corrected chi connectivity index (χ3v) is 4.56. The minimum Gasteiger partial charge on any atom is -0.343 e. The number of piperazine rings is 1. The zero-order valence-electron chi connectivity index (χ0n) is 16.2. The topological polar surface area (TPSA) is 26.8 Å². The fraction of sp³-hybridized carbons (Fsp3) is 0.947. The lowest BCUT2D eigenvalue weighted by atomic mass is 9.91. The summed E-state index contributed by atoms with van der Waals surface area (Å²) in [7, 11) is 2.20. The highest BCUT2D eigenvalue weighted by atomic mass is 16.2. The van der Waals surface area contributed by atoms with Crippen LogP contribution in [0.1, 0.15) is 59.8 Å². The van der Waals surface area contributed by atoms with Crippen LogP contribution >= 0.6 is 0 Å². The molecule has 0 atom stereocenters. The molecule has 0 radical (unpaired) electrons. The third kappa shape index (κ3) is 9.31. The van der Waals surface area contributed by atoms with Gasteiger partial charge in [0.1, 0.15) is 0 Å². The summed E-state index contributed by atoms with van der Waals surface area (Å²) in [6, 6.07) is 0. The van der Waals surface area contributed by atoms with Gasteiger partial charge < -0.3 is 14.7 Å². The van der Waals surface area contributed by atoms with Crippen molar-refractivity contribution >= 4 is 5.91 Å². The second-order valence-corrected chi connectivity index (χ2v) is 8.32. The van der Waals surface area contributed by atoms with E-state index < -0.39 is 0 Å². The van der Waals surface area contributed by atoms with E-state index in [4.69, 9.17) is 0 Å². The van der Waals surface area contributed by atoms with E-state index in [1.807, 2.05) is 0 Å². The molecular weight excluding hydrogens is 286 g/mol. The molecular formula is C19H39N3O. The van der Waals surface area contributed by atoms with Gasteiger partial charge in [-0.3, -0.25) is 4.79 Å². The van der Waals surface area contributed by atoms with Crippen LogP contribution in [0.4, 0.5) is 0 Å².